The fraction of sp³-hybridized carbons (Fsp3) is 0.381. The Kier molecular flexibility index (Phi) is 4.71. The van der Waals surface area contributed by atoms with E-state index in [1.165, 1.54) is 21.3 Å². The van der Waals surface area contributed by atoms with Gasteiger partial charge in [-0.1, -0.05) is 0 Å². The summed E-state index contributed by atoms with van der Waals surface area (Å²) in [5.41, 5.74) is 2.86. The minimum atomic E-state index is -4.98. The van der Waals surface area contributed by atoms with E-state index in [0.29, 0.717) is 33.8 Å². The van der Waals surface area contributed by atoms with Gasteiger partial charge in [0.15, 0.2) is 23.0 Å². The largest absolute Gasteiger partial charge is 0.504 e. The first-order chi connectivity index (χ1) is 14.2. The molecule has 9 heteroatoms. The third-order valence-electron chi connectivity index (χ3n) is 5.74. The van der Waals surface area contributed by atoms with Crippen molar-refractivity contribution in [3.63, 3.8) is 0 Å². The molecule has 6 nitrogen and oxygen atoms in total. The highest BCUT2D eigenvalue weighted by Gasteiger charge is 2.48. The second kappa shape index (κ2) is 7.00. The van der Waals surface area contributed by atoms with Gasteiger partial charge in [0, 0.05) is 12.1 Å². The summed E-state index contributed by atoms with van der Waals surface area (Å²) in [5.74, 6) is -1.02. The Balaban J connectivity index is 1.99. The maximum absolute atomic E-state index is 13.3. The molecule has 2 aromatic carbocycles. The summed E-state index contributed by atoms with van der Waals surface area (Å²) in [4.78, 5) is 13.0. The van der Waals surface area contributed by atoms with Crippen molar-refractivity contribution in [2.45, 2.75) is 25.1 Å². The van der Waals surface area contributed by atoms with Crippen LogP contribution in [0.5, 0.6) is 23.0 Å². The first kappa shape index (κ1) is 20.2. The number of nitrogens with zero attached hydrogens (tertiary/aromatic N) is 1. The van der Waals surface area contributed by atoms with E-state index in [9.17, 15) is 23.1 Å². The van der Waals surface area contributed by atoms with Crippen molar-refractivity contribution >= 4 is 5.91 Å². The number of alkyl halides is 3. The molecule has 1 aliphatic carbocycles. The Morgan fingerprint density at radius 2 is 1.63 bits per heavy atom. The monoisotopic (exact) mass is 423 g/mol. The number of hydrogen-bond donors (Lipinski definition) is 1. The third kappa shape index (κ3) is 2.91. The molecule has 1 amide bonds. The molecule has 4 rings (SSSR count). The van der Waals surface area contributed by atoms with Crippen molar-refractivity contribution in [1.29, 1.82) is 0 Å². The number of carbonyl (C=O) groups excluding carboxylic acids is 1. The van der Waals surface area contributed by atoms with Crippen LogP contribution in [0.25, 0.3) is 11.1 Å². The van der Waals surface area contributed by atoms with Gasteiger partial charge in [0.05, 0.1) is 27.4 Å². The summed E-state index contributed by atoms with van der Waals surface area (Å²) in [6.45, 7) is -0.0774. The van der Waals surface area contributed by atoms with Crippen LogP contribution < -0.4 is 14.2 Å². The van der Waals surface area contributed by atoms with Gasteiger partial charge < -0.3 is 24.2 Å². The van der Waals surface area contributed by atoms with Crippen LogP contribution >= 0.6 is 0 Å². The highest BCUT2D eigenvalue weighted by molar-refractivity contribution is 5.88. The SMILES string of the molecule is COc1cc2c(cc1OC)-c1c(O)c(OC)cc3c1[C@H](C2)N(C(=O)C(F)(F)F)CC3. The van der Waals surface area contributed by atoms with E-state index in [2.05, 4.69) is 0 Å². The van der Waals surface area contributed by atoms with Crippen molar-refractivity contribution in [3.05, 3.63) is 34.9 Å². The molecule has 2 aromatic rings. The van der Waals surface area contributed by atoms with Gasteiger partial charge in [0.2, 0.25) is 0 Å². The maximum Gasteiger partial charge on any atom is 0.471 e. The van der Waals surface area contributed by atoms with Gasteiger partial charge >= 0.3 is 12.1 Å². The van der Waals surface area contributed by atoms with Crippen molar-refractivity contribution in [2.24, 2.45) is 0 Å². The van der Waals surface area contributed by atoms with Crippen LogP contribution in [0.1, 0.15) is 22.7 Å². The molecule has 0 unspecified atom stereocenters. The van der Waals surface area contributed by atoms with Crippen LogP contribution in [0.15, 0.2) is 18.2 Å². The predicted molar refractivity (Wildman–Crippen MR) is 101 cm³/mol. The standard InChI is InChI=1S/C21H20F3NO5/c1-28-14-8-11-6-13-17-10(4-5-25(13)20(27)21(22,23)24)7-16(30-3)19(26)18(17)12(11)9-15(14)29-2/h7-9,13,26H,4-6H2,1-3H3/t13-/m0/s1. The number of amides is 1. The Morgan fingerprint density at radius 1 is 1.03 bits per heavy atom. The predicted octanol–water partition coefficient (Wildman–Crippen LogP) is 3.63. The molecule has 1 heterocycles. The lowest BCUT2D eigenvalue weighted by Crippen LogP contribution is -2.48. The molecule has 0 aromatic heterocycles. The lowest BCUT2D eigenvalue weighted by molar-refractivity contribution is -0.188. The summed E-state index contributed by atoms with van der Waals surface area (Å²) >= 11 is 0. The lowest BCUT2D eigenvalue weighted by Gasteiger charge is -2.42. The van der Waals surface area contributed by atoms with E-state index in [4.69, 9.17) is 14.2 Å². The average molecular weight is 423 g/mol. The van der Waals surface area contributed by atoms with Crippen molar-refractivity contribution in [3.8, 4) is 34.1 Å². The molecule has 0 spiro atoms. The van der Waals surface area contributed by atoms with Gasteiger partial charge in [-0.15, -0.1) is 0 Å². The second-order valence-electron chi connectivity index (χ2n) is 7.21. The minimum Gasteiger partial charge on any atom is -0.504 e. The summed E-state index contributed by atoms with van der Waals surface area (Å²) in [6, 6.07) is 4.12. The number of ether oxygens (including phenoxy) is 3. The Labute approximate surface area is 170 Å². The molecule has 0 radical (unpaired) electrons. The number of carbonyl (C=O) groups is 1. The van der Waals surface area contributed by atoms with Crippen molar-refractivity contribution < 1.29 is 37.3 Å². The molecular formula is C21H20F3NO5. The van der Waals surface area contributed by atoms with E-state index in [1.807, 2.05) is 0 Å². The minimum absolute atomic E-state index is 0.0774. The number of hydrogen-bond acceptors (Lipinski definition) is 5. The molecule has 160 valence electrons. The van der Waals surface area contributed by atoms with Gasteiger partial charge in [-0.25, -0.2) is 0 Å². The zero-order chi connectivity index (χ0) is 21.8. The average Bonchev–Trinajstić information content (AvgIpc) is 2.72. The third-order valence-corrected chi connectivity index (χ3v) is 5.74. The fourth-order valence-electron chi connectivity index (χ4n) is 4.43. The van der Waals surface area contributed by atoms with Gasteiger partial charge in [0.25, 0.3) is 0 Å². The molecule has 1 atom stereocenters. The Morgan fingerprint density at radius 3 is 2.23 bits per heavy atom. The van der Waals surface area contributed by atoms with E-state index >= 15 is 0 Å². The zero-order valence-electron chi connectivity index (χ0n) is 16.6. The van der Waals surface area contributed by atoms with Crippen LogP contribution in [0.4, 0.5) is 13.2 Å². The molecule has 2 aliphatic rings. The molecule has 0 saturated carbocycles. The van der Waals surface area contributed by atoms with Crippen LogP contribution in [-0.2, 0) is 17.6 Å². The van der Waals surface area contributed by atoms with Gasteiger partial charge in [-0.05, 0) is 53.3 Å². The molecule has 0 saturated heterocycles. The number of rotatable bonds is 3. The highest BCUT2D eigenvalue weighted by atomic mass is 19.4. The Hall–Kier alpha value is -3.10. The smallest absolute Gasteiger partial charge is 0.471 e. The van der Waals surface area contributed by atoms with Crippen molar-refractivity contribution in [2.75, 3.05) is 27.9 Å². The molecular weight excluding hydrogens is 403 g/mol. The van der Waals surface area contributed by atoms with Crippen LogP contribution in [0.2, 0.25) is 0 Å². The highest BCUT2D eigenvalue weighted by Crippen LogP contribution is 2.54. The van der Waals surface area contributed by atoms with Gasteiger partial charge in [-0.3, -0.25) is 4.79 Å². The van der Waals surface area contributed by atoms with E-state index in [0.717, 1.165) is 10.5 Å². The maximum atomic E-state index is 13.3. The van der Waals surface area contributed by atoms with Gasteiger partial charge in [0.1, 0.15) is 0 Å². The molecule has 1 N–H and O–H groups in total. The Bertz CT molecular complexity index is 1030. The number of benzene rings is 2. The zero-order valence-corrected chi connectivity index (χ0v) is 16.6. The number of aromatic hydroxyl groups is 1. The van der Waals surface area contributed by atoms with Crippen molar-refractivity contribution in [1.82, 2.24) is 4.90 Å². The number of phenolic OH excluding ortho intramolecular Hbond substituents is 1. The molecule has 30 heavy (non-hydrogen) atoms. The summed E-state index contributed by atoms with van der Waals surface area (Å²) in [6.07, 6.45) is -4.60. The van der Waals surface area contributed by atoms with E-state index < -0.39 is 18.1 Å². The second-order valence-corrected chi connectivity index (χ2v) is 7.21. The number of methoxy groups -OCH3 is 3. The van der Waals surface area contributed by atoms with Crippen LogP contribution in [0.3, 0.4) is 0 Å². The quantitative estimate of drug-likeness (QED) is 0.817. The first-order valence-electron chi connectivity index (χ1n) is 9.27. The number of fused-ring (bicyclic) bond motifs is 2. The van der Waals surface area contributed by atoms with E-state index in [1.54, 1.807) is 18.2 Å². The van der Waals surface area contributed by atoms with E-state index in [-0.39, 0.29) is 30.9 Å². The van der Waals surface area contributed by atoms with Crippen LogP contribution in [0, 0.1) is 0 Å². The number of halogens is 3. The topological polar surface area (TPSA) is 68.2 Å². The molecule has 1 aliphatic heterocycles. The summed E-state index contributed by atoms with van der Waals surface area (Å²) in [5, 5.41) is 10.9. The normalized spacial score (nSPS) is 17.1. The first-order valence-corrected chi connectivity index (χ1v) is 9.27. The lowest BCUT2D eigenvalue weighted by atomic mass is 9.76. The summed E-state index contributed by atoms with van der Waals surface area (Å²) in [7, 11) is 4.34. The molecule has 0 bridgehead atoms. The fourth-order valence-corrected chi connectivity index (χ4v) is 4.43. The molecule has 0 fully saturated rings. The van der Waals surface area contributed by atoms with Crippen LogP contribution in [-0.4, -0.2) is 50.0 Å². The summed E-state index contributed by atoms with van der Waals surface area (Å²) < 4.78 is 55.7. The number of phenols is 1. The van der Waals surface area contributed by atoms with Gasteiger partial charge in [-0.2, -0.15) is 13.2 Å².